The Morgan fingerprint density at radius 3 is 2.40 bits per heavy atom. The van der Waals surface area contributed by atoms with Gasteiger partial charge in [0.15, 0.2) is 17.5 Å². The molecule has 0 saturated carbocycles. The van der Waals surface area contributed by atoms with E-state index in [9.17, 15) is 13.2 Å². The maximum absolute atomic E-state index is 13.9. The molecule has 0 unspecified atom stereocenters. The Morgan fingerprint density at radius 1 is 1.00 bits per heavy atom. The molecule has 106 valence electrons. The van der Waals surface area contributed by atoms with Crippen LogP contribution in [0.15, 0.2) is 30.3 Å². The second-order valence-corrected chi connectivity index (χ2v) is 4.30. The van der Waals surface area contributed by atoms with E-state index in [0.717, 1.165) is 11.6 Å². The molecule has 5 heteroatoms. The molecule has 0 radical (unpaired) electrons. The van der Waals surface area contributed by atoms with Gasteiger partial charge in [-0.05, 0) is 42.8 Å². The molecule has 20 heavy (non-hydrogen) atoms. The predicted octanol–water partition coefficient (Wildman–Crippen LogP) is 3.28. The Bertz CT molecular complexity index is 629. The van der Waals surface area contributed by atoms with Crippen molar-refractivity contribution in [3.8, 4) is 16.9 Å². The van der Waals surface area contributed by atoms with Crippen LogP contribution >= 0.6 is 0 Å². The zero-order valence-electron chi connectivity index (χ0n) is 10.9. The molecule has 0 heterocycles. The standard InChI is InChI=1S/C15H14F3NO/c1-20-13-5-2-9(6-7-19)8-11(13)10-3-4-12(16)15(18)14(10)17/h2-5,8H,6-7,19H2,1H3. The molecule has 2 aromatic carbocycles. The number of ether oxygens (including phenoxy) is 1. The molecule has 0 amide bonds. The monoisotopic (exact) mass is 281 g/mol. The van der Waals surface area contributed by atoms with Crippen molar-refractivity contribution in [2.45, 2.75) is 6.42 Å². The minimum absolute atomic E-state index is 0.0420. The maximum Gasteiger partial charge on any atom is 0.195 e. The van der Waals surface area contributed by atoms with Crippen molar-refractivity contribution in [2.24, 2.45) is 5.73 Å². The highest BCUT2D eigenvalue weighted by atomic mass is 19.2. The van der Waals surface area contributed by atoms with E-state index in [4.69, 9.17) is 10.5 Å². The van der Waals surface area contributed by atoms with Crippen LogP contribution in [0.5, 0.6) is 5.75 Å². The van der Waals surface area contributed by atoms with E-state index in [1.54, 1.807) is 18.2 Å². The Kier molecular flexibility index (Phi) is 4.29. The van der Waals surface area contributed by atoms with Gasteiger partial charge in [0.2, 0.25) is 0 Å². The molecular weight excluding hydrogens is 267 g/mol. The van der Waals surface area contributed by atoms with Crippen LogP contribution < -0.4 is 10.5 Å². The predicted molar refractivity (Wildman–Crippen MR) is 71.1 cm³/mol. The first-order valence-corrected chi connectivity index (χ1v) is 6.09. The van der Waals surface area contributed by atoms with E-state index in [-0.39, 0.29) is 5.56 Å². The van der Waals surface area contributed by atoms with E-state index >= 15 is 0 Å². The molecule has 0 aromatic heterocycles. The SMILES string of the molecule is COc1ccc(CCN)cc1-c1ccc(F)c(F)c1F. The molecule has 0 fully saturated rings. The number of benzene rings is 2. The zero-order chi connectivity index (χ0) is 14.7. The van der Waals surface area contributed by atoms with Crippen molar-refractivity contribution >= 4 is 0 Å². The fourth-order valence-electron chi connectivity index (χ4n) is 2.02. The van der Waals surface area contributed by atoms with Gasteiger partial charge >= 0.3 is 0 Å². The second kappa shape index (κ2) is 5.96. The lowest BCUT2D eigenvalue weighted by Crippen LogP contribution is -2.03. The highest BCUT2D eigenvalue weighted by molar-refractivity contribution is 5.72. The van der Waals surface area contributed by atoms with E-state index in [2.05, 4.69) is 0 Å². The first-order chi connectivity index (χ1) is 9.58. The summed E-state index contributed by atoms with van der Waals surface area (Å²) in [6.45, 7) is 0.437. The second-order valence-electron chi connectivity index (χ2n) is 4.30. The smallest absolute Gasteiger partial charge is 0.195 e. The van der Waals surface area contributed by atoms with Crippen LogP contribution in [0.3, 0.4) is 0 Å². The molecule has 0 aliphatic heterocycles. The Morgan fingerprint density at radius 2 is 1.75 bits per heavy atom. The third-order valence-corrected chi connectivity index (χ3v) is 3.02. The van der Waals surface area contributed by atoms with Gasteiger partial charge in [0.1, 0.15) is 5.75 Å². The third kappa shape index (κ3) is 2.63. The minimum atomic E-state index is -1.49. The van der Waals surface area contributed by atoms with Crippen LogP contribution in [0.25, 0.3) is 11.1 Å². The molecule has 2 aromatic rings. The van der Waals surface area contributed by atoms with Gasteiger partial charge in [-0.1, -0.05) is 6.07 Å². The normalized spacial score (nSPS) is 10.7. The van der Waals surface area contributed by atoms with Crippen molar-refractivity contribution in [1.29, 1.82) is 0 Å². The van der Waals surface area contributed by atoms with E-state index in [0.29, 0.717) is 24.3 Å². The summed E-state index contributed by atoms with van der Waals surface area (Å²) in [7, 11) is 1.43. The number of nitrogens with two attached hydrogens (primary N) is 1. The molecule has 0 aliphatic rings. The van der Waals surface area contributed by atoms with Gasteiger partial charge in [-0.3, -0.25) is 0 Å². The number of hydrogen-bond acceptors (Lipinski definition) is 2. The summed E-state index contributed by atoms with van der Waals surface area (Å²) in [6.07, 6.45) is 0.599. The average Bonchev–Trinajstić information content (AvgIpc) is 2.45. The summed E-state index contributed by atoms with van der Waals surface area (Å²) >= 11 is 0. The summed E-state index contributed by atoms with van der Waals surface area (Å²) in [5.41, 5.74) is 6.68. The first kappa shape index (κ1) is 14.4. The Balaban J connectivity index is 2.61. The number of methoxy groups -OCH3 is 1. The maximum atomic E-state index is 13.9. The fraction of sp³-hybridized carbons (Fsp3) is 0.200. The van der Waals surface area contributed by atoms with Crippen molar-refractivity contribution in [3.05, 3.63) is 53.3 Å². The number of hydrogen-bond donors (Lipinski definition) is 1. The summed E-state index contributed by atoms with van der Waals surface area (Å²) in [5, 5.41) is 0. The molecule has 2 nitrogen and oxygen atoms in total. The highest BCUT2D eigenvalue weighted by Crippen LogP contribution is 2.34. The van der Waals surface area contributed by atoms with Gasteiger partial charge in [0.05, 0.1) is 7.11 Å². The van der Waals surface area contributed by atoms with Crippen molar-refractivity contribution in [3.63, 3.8) is 0 Å². The van der Waals surface area contributed by atoms with E-state index < -0.39 is 17.5 Å². The van der Waals surface area contributed by atoms with Crippen molar-refractivity contribution in [1.82, 2.24) is 0 Å². The average molecular weight is 281 g/mol. The lowest BCUT2D eigenvalue weighted by atomic mass is 9.99. The summed E-state index contributed by atoms with van der Waals surface area (Å²) < 4.78 is 45.4. The third-order valence-electron chi connectivity index (χ3n) is 3.02. The molecule has 2 rings (SSSR count). The molecule has 0 bridgehead atoms. The van der Waals surface area contributed by atoms with Crippen LogP contribution in [-0.2, 0) is 6.42 Å². The summed E-state index contributed by atoms with van der Waals surface area (Å²) in [4.78, 5) is 0. The van der Waals surface area contributed by atoms with Gasteiger partial charge in [-0.2, -0.15) is 0 Å². The lowest BCUT2D eigenvalue weighted by molar-refractivity contribution is 0.415. The van der Waals surface area contributed by atoms with Gasteiger partial charge in [0, 0.05) is 11.1 Å². The zero-order valence-corrected chi connectivity index (χ0v) is 10.9. The molecule has 0 saturated heterocycles. The summed E-state index contributed by atoms with van der Waals surface area (Å²) in [6, 6.07) is 7.20. The van der Waals surface area contributed by atoms with Crippen LogP contribution in [0.1, 0.15) is 5.56 Å². The van der Waals surface area contributed by atoms with E-state index in [1.165, 1.54) is 13.2 Å². The Hall–Kier alpha value is -2.01. The van der Waals surface area contributed by atoms with Gasteiger partial charge in [0.25, 0.3) is 0 Å². The quantitative estimate of drug-likeness (QED) is 0.873. The largest absolute Gasteiger partial charge is 0.496 e. The topological polar surface area (TPSA) is 35.2 Å². The van der Waals surface area contributed by atoms with Crippen LogP contribution in [0.2, 0.25) is 0 Å². The summed E-state index contributed by atoms with van der Waals surface area (Å²) in [5.74, 6) is -3.55. The fourth-order valence-corrected chi connectivity index (χ4v) is 2.02. The number of rotatable bonds is 4. The van der Waals surface area contributed by atoms with Crippen LogP contribution in [-0.4, -0.2) is 13.7 Å². The lowest BCUT2D eigenvalue weighted by Gasteiger charge is -2.12. The number of halogens is 3. The van der Waals surface area contributed by atoms with Gasteiger partial charge in [-0.25, -0.2) is 13.2 Å². The minimum Gasteiger partial charge on any atom is -0.496 e. The molecule has 0 aliphatic carbocycles. The molecule has 2 N–H and O–H groups in total. The molecule has 0 atom stereocenters. The van der Waals surface area contributed by atoms with E-state index in [1.807, 2.05) is 0 Å². The first-order valence-electron chi connectivity index (χ1n) is 6.09. The molecular formula is C15H14F3NO. The van der Waals surface area contributed by atoms with Crippen LogP contribution in [0, 0.1) is 17.5 Å². The van der Waals surface area contributed by atoms with Gasteiger partial charge < -0.3 is 10.5 Å². The van der Waals surface area contributed by atoms with Crippen molar-refractivity contribution < 1.29 is 17.9 Å². The van der Waals surface area contributed by atoms with Crippen LogP contribution in [0.4, 0.5) is 13.2 Å². The molecule has 0 spiro atoms. The highest BCUT2D eigenvalue weighted by Gasteiger charge is 2.17. The van der Waals surface area contributed by atoms with Gasteiger partial charge in [-0.15, -0.1) is 0 Å². The van der Waals surface area contributed by atoms with Crippen molar-refractivity contribution in [2.75, 3.05) is 13.7 Å². The Labute approximate surface area is 115 Å².